The van der Waals surface area contributed by atoms with E-state index in [4.69, 9.17) is 14.2 Å². The van der Waals surface area contributed by atoms with Crippen LogP contribution in [0.4, 0.5) is 0 Å². The molecular weight excluding hydrogens is 669 g/mol. The van der Waals surface area contributed by atoms with Crippen molar-refractivity contribution in [3.8, 4) is 0 Å². The topological polar surface area (TPSA) is 61.8 Å². The van der Waals surface area contributed by atoms with Crippen LogP contribution in [-0.2, 0) is 23.8 Å². The fraction of sp³-hybridized carbons (Fsp3) is 0.837. The molecule has 316 valence electrons. The maximum absolute atomic E-state index is 12.7. The average molecular weight is 759 g/mol. The molecule has 0 aromatic carbocycles. The Morgan fingerprint density at radius 3 is 1.33 bits per heavy atom. The number of allylic oxidation sites excluding steroid dienone is 6. The summed E-state index contributed by atoms with van der Waals surface area (Å²) in [4.78, 5) is 25.2. The van der Waals surface area contributed by atoms with Crippen LogP contribution in [0, 0.1) is 0 Å². The van der Waals surface area contributed by atoms with E-state index in [1.165, 1.54) is 135 Å². The van der Waals surface area contributed by atoms with Gasteiger partial charge in [-0.2, -0.15) is 0 Å². The minimum Gasteiger partial charge on any atom is -0.462 e. The van der Waals surface area contributed by atoms with E-state index >= 15 is 0 Å². The van der Waals surface area contributed by atoms with Gasteiger partial charge in [0.1, 0.15) is 6.61 Å². The number of hydrogen-bond donors (Lipinski definition) is 0. The molecule has 54 heavy (non-hydrogen) atoms. The maximum Gasteiger partial charge on any atom is 0.306 e. The SMILES string of the molecule is CC/C=C\C/C=C\C/C=C\CCCCCCCCCC(=O)OCC(COCCCCCCCCCC)OC(=O)CCCCCCCCCCCCCCC. The van der Waals surface area contributed by atoms with Gasteiger partial charge in [-0.05, 0) is 51.4 Å². The van der Waals surface area contributed by atoms with Gasteiger partial charge in [0, 0.05) is 19.4 Å². The second-order valence-electron chi connectivity index (χ2n) is 15.6. The summed E-state index contributed by atoms with van der Waals surface area (Å²) < 4.78 is 17.3. The van der Waals surface area contributed by atoms with E-state index in [2.05, 4.69) is 57.2 Å². The molecule has 0 spiro atoms. The Morgan fingerprint density at radius 1 is 0.426 bits per heavy atom. The molecule has 0 aromatic rings. The third-order valence-corrected chi connectivity index (χ3v) is 10.2. The van der Waals surface area contributed by atoms with Crippen molar-refractivity contribution in [1.29, 1.82) is 0 Å². The summed E-state index contributed by atoms with van der Waals surface area (Å²) in [5.74, 6) is -0.399. The first-order valence-electron chi connectivity index (χ1n) is 23.5. The molecule has 0 aliphatic rings. The van der Waals surface area contributed by atoms with E-state index in [1.54, 1.807) is 0 Å². The van der Waals surface area contributed by atoms with E-state index in [0.29, 0.717) is 19.4 Å². The highest BCUT2D eigenvalue weighted by molar-refractivity contribution is 5.70. The Morgan fingerprint density at radius 2 is 0.833 bits per heavy atom. The van der Waals surface area contributed by atoms with Gasteiger partial charge < -0.3 is 14.2 Å². The summed E-state index contributed by atoms with van der Waals surface area (Å²) in [6.45, 7) is 7.72. The van der Waals surface area contributed by atoms with Crippen LogP contribution in [-0.4, -0.2) is 37.9 Å². The first-order valence-corrected chi connectivity index (χ1v) is 23.5. The molecule has 0 heterocycles. The van der Waals surface area contributed by atoms with Crippen LogP contribution >= 0.6 is 0 Å². The van der Waals surface area contributed by atoms with Gasteiger partial charge in [-0.3, -0.25) is 9.59 Å². The Kier molecular flexibility index (Phi) is 43.9. The standard InChI is InChI=1S/C49H90O5/c1-4-7-10-13-16-19-21-23-24-25-26-28-29-31-33-36-39-42-48(50)53-46-47(45-52-44-41-38-35-18-15-12-9-6-3)54-49(51)43-40-37-34-32-30-27-22-20-17-14-11-8-5-2/h7,10,16,19,23-24,47H,4-6,8-9,11-15,17-18,20-22,25-46H2,1-3H3/b10-7-,19-16-,24-23-. The highest BCUT2D eigenvalue weighted by Gasteiger charge is 2.17. The van der Waals surface area contributed by atoms with Gasteiger partial charge in [0.05, 0.1) is 6.61 Å². The molecule has 0 saturated carbocycles. The number of ether oxygens (including phenoxy) is 3. The molecule has 0 aliphatic carbocycles. The van der Waals surface area contributed by atoms with Gasteiger partial charge >= 0.3 is 11.9 Å². The summed E-state index contributed by atoms with van der Waals surface area (Å²) >= 11 is 0. The molecule has 0 aliphatic heterocycles. The van der Waals surface area contributed by atoms with E-state index in [1.807, 2.05) is 0 Å². The van der Waals surface area contributed by atoms with Crippen molar-refractivity contribution in [2.24, 2.45) is 0 Å². The van der Waals surface area contributed by atoms with Gasteiger partial charge in [0.15, 0.2) is 6.10 Å². The van der Waals surface area contributed by atoms with E-state index < -0.39 is 6.10 Å². The van der Waals surface area contributed by atoms with Gasteiger partial charge in [0.25, 0.3) is 0 Å². The second-order valence-corrected chi connectivity index (χ2v) is 15.6. The Labute approximate surface area is 336 Å². The highest BCUT2D eigenvalue weighted by atomic mass is 16.6. The summed E-state index contributed by atoms with van der Waals surface area (Å²) in [5, 5.41) is 0. The summed E-state index contributed by atoms with van der Waals surface area (Å²) in [6, 6.07) is 0. The maximum atomic E-state index is 12.7. The van der Waals surface area contributed by atoms with Crippen LogP contribution in [0.3, 0.4) is 0 Å². The van der Waals surface area contributed by atoms with Crippen molar-refractivity contribution in [3.05, 3.63) is 36.5 Å². The molecule has 1 unspecified atom stereocenters. The van der Waals surface area contributed by atoms with Crippen molar-refractivity contribution >= 4 is 11.9 Å². The van der Waals surface area contributed by atoms with Crippen molar-refractivity contribution in [3.63, 3.8) is 0 Å². The quantitative estimate of drug-likeness (QED) is 0.0352. The lowest BCUT2D eigenvalue weighted by Crippen LogP contribution is -2.30. The van der Waals surface area contributed by atoms with Gasteiger partial charge in [0.2, 0.25) is 0 Å². The third-order valence-electron chi connectivity index (χ3n) is 10.2. The van der Waals surface area contributed by atoms with Crippen LogP contribution in [0.5, 0.6) is 0 Å². The minimum absolute atomic E-state index is 0.0850. The van der Waals surface area contributed by atoms with E-state index in [-0.39, 0.29) is 25.2 Å². The second kappa shape index (κ2) is 45.5. The third kappa shape index (κ3) is 42.9. The van der Waals surface area contributed by atoms with Gasteiger partial charge in [-0.1, -0.05) is 211 Å². The zero-order chi connectivity index (χ0) is 39.3. The molecule has 0 rings (SSSR count). The molecule has 5 heteroatoms. The average Bonchev–Trinajstić information content (AvgIpc) is 3.17. The monoisotopic (exact) mass is 759 g/mol. The molecule has 0 N–H and O–H groups in total. The van der Waals surface area contributed by atoms with Gasteiger partial charge in [-0.25, -0.2) is 0 Å². The molecular formula is C49H90O5. The van der Waals surface area contributed by atoms with Crippen molar-refractivity contribution < 1.29 is 23.8 Å². The molecule has 0 bridgehead atoms. The van der Waals surface area contributed by atoms with Crippen molar-refractivity contribution in [1.82, 2.24) is 0 Å². The number of carbonyl (C=O) groups is 2. The predicted molar refractivity (Wildman–Crippen MR) is 233 cm³/mol. The van der Waals surface area contributed by atoms with Crippen molar-refractivity contribution in [2.75, 3.05) is 19.8 Å². The predicted octanol–water partition coefficient (Wildman–Crippen LogP) is 15.4. The lowest BCUT2D eigenvalue weighted by atomic mass is 10.0. The summed E-state index contributed by atoms with van der Waals surface area (Å²) in [7, 11) is 0. The molecule has 0 aromatic heterocycles. The lowest BCUT2D eigenvalue weighted by Gasteiger charge is -2.18. The molecule has 1 atom stereocenters. The zero-order valence-electron chi connectivity index (χ0n) is 36.2. The van der Waals surface area contributed by atoms with Crippen LogP contribution in [0.25, 0.3) is 0 Å². The Hall–Kier alpha value is -1.88. The summed E-state index contributed by atoms with van der Waals surface area (Å²) in [5.41, 5.74) is 0. The first-order chi connectivity index (χ1) is 26.6. The van der Waals surface area contributed by atoms with Crippen LogP contribution in [0.1, 0.15) is 239 Å². The number of esters is 2. The summed E-state index contributed by atoms with van der Waals surface area (Å²) in [6.07, 6.45) is 52.8. The van der Waals surface area contributed by atoms with E-state index in [9.17, 15) is 9.59 Å². The largest absolute Gasteiger partial charge is 0.462 e. The number of rotatable bonds is 43. The fourth-order valence-electron chi connectivity index (χ4n) is 6.70. The fourth-order valence-corrected chi connectivity index (χ4v) is 6.70. The minimum atomic E-state index is -0.531. The normalized spacial score (nSPS) is 12.4. The number of carbonyl (C=O) groups excluding carboxylic acids is 2. The first kappa shape index (κ1) is 52.1. The lowest BCUT2D eigenvalue weighted by molar-refractivity contribution is -0.163. The molecule has 5 nitrogen and oxygen atoms in total. The molecule has 0 saturated heterocycles. The van der Waals surface area contributed by atoms with Crippen LogP contribution in [0.15, 0.2) is 36.5 Å². The van der Waals surface area contributed by atoms with E-state index in [0.717, 1.165) is 70.6 Å². The molecule has 0 fully saturated rings. The molecule has 0 radical (unpaired) electrons. The number of unbranched alkanes of at least 4 members (excludes halogenated alkanes) is 26. The van der Waals surface area contributed by atoms with Gasteiger partial charge in [-0.15, -0.1) is 0 Å². The van der Waals surface area contributed by atoms with Crippen molar-refractivity contribution in [2.45, 2.75) is 245 Å². The highest BCUT2D eigenvalue weighted by Crippen LogP contribution is 2.15. The zero-order valence-corrected chi connectivity index (χ0v) is 36.2. The Bertz CT molecular complexity index is 862. The van der Waals surface area contributed by atoms with Crippen LogP contribution < -0.4 is 0 Å². The van der Waals surface area contributed by atoms with Crippen LogP contribution in [0.2, 0.25) is 0 Å². The molecule has 0 amide bonds. The Balaban J connectivity index is 4.16. The smallest absolute Gasteiger partial charge is 0.306 e. The number of hydrogen-bond acceptors (Lipinski definition) is 5.